The summed E-state index contributed by atoms with van der Waals surface area (Å²) in [6, 6.07) is 9.17. The van der Waals surface area contributed by atoms with Crippen LogP contribution < -0.4 is 19.5 Å². The molecule has 0 aromatic heterocycles. The molecule has 0 saturated heterocycles. The molecular weight excluding hydrogens is 382 g/mol. The van der Waals surface area contributed by atoms with Crippen LogP contribution in [0.25, 0.3) is 5.57 Å². The van der Waals surface area contributed by atoms with Gasteiger partial charge in [0.25, 0.3) is 5.91 Å². The summed E-state index contributed by atoms with van der Waals surface area (Å²) in [6.45, 7) is 6.15. The molecule has 2 aromatic carbocycles. The van der Waals surface area contributed by atoms with Crippen molar-refractivity contribution in [2.24, 2.45) is 0 Å². The highest BCUT2D eigenvalue weighted by molar-refractivity contribution is 6.21. The molecule has 2 heterocycles. The van der Waals surface area contributed by atoms with Crippen LogP contribution in [0.15, 0.2) is 36.4 Å². The molecule has 156 valence electrons. The van der Waals surface area contributed by atoms with Crippen LogP contribution in [-0.4, -0.2) is 37.6 Å². The number of hydrogen-bond donors (Lipinski definition) is 1. The normalized spacial score (nSPS) is 15.8. The zero-order chi connectivity index (χ0) is 21.5. The Morgan fingerprint density at radius 3 is 2.77 bits per heavy atom. The number of benzene rings is 2. The van der Waals surface area contributed by atoms with E-state index in [2.05, 4.69) is 5.32 Å². The lowest BCUT2D eigenvalue weighted by Gasteiger charge is -2.20. The number of nitrogens with one attached hydrogen (secondary N) is 1. The number of carbonyl (C=O) groups excluding carboxylic acids is 2. The lowest BCUT2D eigenvalue weighted by Crippen LogP contribution is -2.31. The summed E-state index contributed by atoms with van der Waals surface area (Å²) in [5.74, 6) is 1.44. The minimum absolute atomic E-state index is 0.107. The van der Waals surface area contributed by atoms with E-state index in [1.165, 1.54) is 0 Å². The Kier molecular flexibility index (Phi) is 5.02. The summed E-state index contributed by atoms with van der Waals surface area (Å²) in [5, 5.41) is 2.75. The summed E-state index contributed by atoms with van der Waals surface area (Å²) >= 11 is 0. The molecule has 6 nitrogen and oxygen atoms in total. The number of methoxy groups -OCH3 is 1. The monoisotopic (exact) mass is 407 g/mol. The molecule has 2 aliphatic rings. The van der Waals surface area contributed by atoms with Gasteiger partial charge in [0.1, 0.15) is 18.0 Å². The fourth-order valence-electron chi connectivity index (χ4n) is 3.94. The Bertz CT molecular complexity index is 1070. The van der Waals surface area contributed by atoms with Crippen molar-refractivity contribution in [3.63, 3.8) is 0 Å². The Hall–Kier alpha value is -3.28. The van der Waals surface area contributed by atoms with E-state index in [1.807, 2.05) is 45.0 Å². The second kappa shape index (κ2) is 7.52. The molecule has 0 spiro atoms. The van der Waals surface area contributed by atoms with Gasteiger partial charge in [-0.1, -0.05) is 18.2 Å². The van der Waals surface area contributed by atoms with E-state index in [1.54, 1.807) is 19.3 Å². The quantitative estimate of drug-likeness (QED) is 0.768. The Balaban J connectivity index is 1.49. The van der Waals surface area contributed by atoms with Crippen molar-refractivity contribution >= 4 is 17.3 Å². The summed E-state index contributed by atoms with van der Waals surface area (Å²) in [5.41, 5.74) is 3.32. The minimum atomic E-state index is -0.341. The van der Waals surface area contributed by atoms with Gasteiger partial charge in [-0.15, -0.1) is 0 Å². The van der Waals surface area contributed by atoms with Crippen LogP contribution in [0.2, 0.25) is 0 Å². The smallest absolute Gasteiger partial charge is 0.252 e. The molecule has 2 aliphatic heterocycles. The van der Waals surface area contributed by atoms with E-state index < -0.39 is 0 Å². The van der Waals surface area contributed by atoms with Crippen molar-refractivity contribution in [2.45, 2.75) is 32.8 Å². The molecule has 0 unspecified atom stereocenters. The van der Waals surface area contributed by atoms with Gasteiger partial charge in [-0.05, 0) is 44.5 Å². The number of rotatable bonds is 5. The molecule has 1 N–H and O–H groups in total. The lowest BCUT2D eigenvalue weighted by molar-refractivity contribution is -0.115. The van der Waals surface area contributed by atoms with E-state index in [0.29, 0.717) is 41.4 Å². The van der Waals surface area contributed by atoms with Crippen molar-refractivity contribution < 1.29 is 23.8 Å². The number of hydrogen-bond acceptors (Lipinski definition) is 5. The predicted molar refractivity (Wildman–Crippen MR) is 113 cm³/mol. The predicted octanol–water partition coefficient (Wildman–Crippen LogP) is 3.49. The number of para-hydroxylation sites is 1. The zero-order valence-corrected chi connectivity index (χ0v) is 17.6. The third-order valence-corrected chi connectivity index (χ3v) is 5.34. The van der Waals surface area contributed by atoms with Crippen LogP contribution in [0.3, 0.4) is 0 Å². The van der Waals surface area contributed by atoms with Crippen molar-refractivity contribution in [3.8, 4) is 17.2 Å². The summed E-state index contributed by atoms with van der Waals surface area (Å²) in [7, 11) is 1.55. The highest BCUT2D eigenvalue weighted by Crippen LogP contribution is 2.42. The van der Waals surface area contributed by atoms with Gasteiger partial charge >= 0.3 is 0 Å². The molecule has 1 amide bonds. The van der Waals surface area contributed by atoms with Crippen molar-refractivity contribution in [1.29, 1.82) is 0 Å². The fraction of sp³-hybridized carbons (Fsp3) is 0.333. The number of ether oxygens (including phenoxy) is 3. The summed E-state index contributed by atoms with van der Waals surface area (Å²) in [4.78, 5) is 25.6. The molecule has 0 saturated carbocycles. The first kappa shape index (κ1) is 20.0. The van der Waals surface area contributed by atoms with E-state index in [-0.39, 0.29) is 23.8 Å². The van der Waals surface area contributed by atoms with Gasteiger partial charge in [-0.25, -0.2) is 0 Å². The van der Waals surface area contributed by atoms with Gasteiger partial charge in [-0.2, -0.15) is 0 Å². The number of Topliss-reactive ketones (excluding diaryl/α,β-unsaturated/α-hetero) is 1. The third kappa shape index (κ3) is 3.65. The average Bonchev–Trinajstić information content (AvgIpc) is 3.04. The van der Waals surface area contributed by atoms with E-state index in [9.17, 15) is 9.59 Å². The molecule has 2 aromatic rings. The first-order chi connectivity index (χ1) is 14.3. The van der Waals surface area contributed by atoms with Crippen LogP contribution in [0.4, 0.5) is 0 Å². The SMILES string of the molecule is COc1cc(C(=O)CNC(=O)C2=CCOc3c(C)cccc32)cc2c1OC(C)(C)C2. The lowest BCUT2D eigenvalue weighted by atomic mass is 9.98. The van der Waals surface area contributed by atoms with Crippen LogP contribution in [0.1, 0.15) is 40.9 Å². The number of amides is 1. The van der Waals surface area contributed by atoms with Gasteiger partial charge in [-0.3, -0.25) is 9.59 Å². The Labute approximate surface area is 175 Å². The topological polar surface area (TPSA) is 73.9 Å². The van der Waals surface area contributed by atoms with Gasteiger partial charge in [0, 0.05) is 28.7 Å². The second-order valence-electron chi connectivity index (χ2n) is 8.19. The second-order valence-corrected chi connectivity index (χ2v) is 8.19. The number of carbonyl (C=O) groups is 2. The Morgan fingerprint density at radius 1 is 1.20 bits per heavy atom. The van der Waals surface area contributed by atoms with Crippen LogP contribution in [0.5, 0.6) is 17.2 Å². The van der Waals surface area contributed by atoms with E-state index >= 15 is 0 Å². The molecule has 0 bridgehead atoms. The molecule has 0 atom stereocenters. The van der Waals surface area contributed by atoms with Crippen molar-refractivity contribution in [3.05, 3.63) is 58.7 Å². The maximum atomic E-state index is 12.8. The highest BCUT2D eigenvalue weighted by atomic mass is 16.5. The molecular formula is C24H25NO5. The maximum Gasteiger partial charge on any atom is 0.252 e. The molecule has 6 heteroatoms. The van der Waals surface area contributed by atoms with Crippen LogP contribution in [0, 0.1) is 6.92 Å². The van der Waals surface area contributed by atoms with Gasteiger partial charge < -0.3 is 19.5 Å². The molecule has 30 heavy (non-hydrogen) atoms. The highest BCUT2D eigenvalue weighted by Gasteiger charge is 2.33. The molecule has 0 radical (unpaired) electrons. The molecule has 0 fully saturated rings. The first-order valence-electron chi connectivity index (χ1n) is 9.93. The number of aryl methyl sites for hydroxylation is 1. The van der Waals surface area contributed by atoms with E-state index in [0.717, 1.165) is 16.7 Å². The van der Waals surface area contributed by atoms with Gasteiger partial charge in [0.15, 0.2) is 17.3 Å². The minimum Gasteiger partial charge on any atom is -0.493 e. The number of ketones is 1. The van der Waals surface area contributed by atoms with Crippen molar-refractivity contribution in [1.82, 2.24) is 5.32 Å². The van der Waals surface area contributed by atoms with Crippen molar-refractivity contribution in [2.75, 3.05) is 20.3 Å². The molecule has 4 rings (SSSR count). The van der Waals surface area contributed by atoms with Gasteiger partial charge in [0.2, 0.25) is 0 Å². The van der Waals surface area contributed by atoms with E-state index in [4.69, 9.17) is 14.2 Å². The third-order valence-electron chi connectivity index (χ3n) is 5.34. The fourth-order valence-corrected chi connectivity index (χ4v) is 3.94. The standard InChI is InChI=1S/C24H25NO5/c1-14-6-5-7-17-18(8-9-29-21(14)17)23(27)25-13-19(26)15-10-16-12-24(2,3)30-22(16)20(11-15)28-4/h5-8,10-11H,9,12-13H2,1-4H3,(H,25,27). The Morgan fingerprint density at radius 2 is 2.00 bits per heavy atom. The van der Waals surface area contributed by atoms with Crippen LogP contribution >= 0.6 is 0 Å². The first-order valence-corrected chi connectivity index (χ1v) is 9.93. The largest absolute Gasteiger partial charge is 0.493 e. The van der Waals surface area contributed by atoms with Crippen LogP contribution in [-0.2, 0) is 11.2 Å². The summed E-state index contributed by atoms with van der Waals surface area (Å²) in [6.07, 6.45) is 2.43. The van der Waals surface area contributed by atoms with Gasteiger partial charge in [0.05, 0.1) is 13.7 Å². The summed E-state index contributed by atoms with van der Waals surface area (Å²) < 4.78 is 17.0. The maximum absolute atomic E-state index is 12.8. The zero-order valence-electron chi connectivity index (χ0n) is 17.6. The number of fused-ring (bicyclic) bond motifs is 2. The average molecular weight is 407 g/mol. The molecule has 0 aliphatic carbocycles.